The van der Waals surface area contributed by atoms with Gasteiger partial charge >= 0.3 is 5.97 Å². The Morgan fingerprint density at radius 1 is 0.600 bits per heavy atom. The van der Waals surface area contributed by atoms with E-state index in [4.69, 9.17) is 14.2 Å². The van der Waals surface area contributed by atoms with E-state index < -0.39 is 6.29 Å². The standard InChI is InChI=1S/C26H52O4/c1-5-7-9-10-11-12-13-14-15-16-17-18-19-20-21-22-26(27)30-25(4)29-24(3)28-23-8-6-2/h24-25H,5-23H2,1-4H3. The summed E-state index contributed by atoms with van der Waals surface area (Å²) in [4.78, 5) is 11.9. The Bertz CT molecular complexity index is 359. The molecule has 2 unspecified atom stereocenters. The summed E-state index contributed by atoms with van der Waals surface area (Å²) in [6, 6.07) is 0. The highest BCUT2D eigenvalue weighted by molar-refractivity contribution is 5.69. The van der Waals surface area contributed by atoms with Gasteiger partial charge in [0.1, 0.15) is 0 Å². The summed E-state index contributed by atoms with van der Waals surface area (Å²) in [6.45, 7) is 8.67. The van der Waals surface area contributed by atoms with Crippen molar-refractivity contribution >= 4 is 5.97 Å². The van der Waals surface area contributed by atoms with E-state index in [0.29, 0.717) is 13.0 Å². The van der Waals surface area contributed by atoms with Crippen LogP contribution in [0.25, 0.3) is 0 Å². The maximum Gasteiger partial charge on any atom is 0.308 e. The maximum absolute atomic E-state index is 11.9. The number of unbranched alkanes of at least 4 members (excludes halogenated alkanes) is 15. The Kier molecular flexibility index (Phi) is 22.6. The van der Waals surface area contributed by atoms with Crippen LogP contribution >= 0.6 is 0 Å². The molecule has 0 aliphatic heterocycles. The van der Waals surface area contributed by atoms with Gasteiger partial charge in [0.15, 0.2) is 6.29 Å². The average Bonchev–Trinajstić information content (AvgIpc) is 2.71. The molecule has 4 heteroatoms. The van der Waals surface area contributed by atoms with Gasteiger partial charge in [-0.05, 0) is 26.7 Å². The van der Waals surface area contributed by atoms with Crippen molar-refractivity contribution in [2.45, 2.75) is 156 Å². The van der Waals surface area contributed by atoms with Crippen molar-refractivity contribution in [1.29, 1.82) is 0 Å². The minimum absolute atomic E-state index is 0.169. The number of esters is 1. The lowest BCUT2D eigenvalue weighted by atomic mass is 10.0. The third kappa shape index (κ3) is 22.1. The topological polar surface area (TPSA) is 44.8 Å². The van der Waals surface area contributed by atoms with Crippen LogP contribution in [0, 0.1) is 0 Å². The van der Waals surface area contributed by atoms with Gasteiger partial charge in [0.05, 0.1) is 0 Å². The van der Waals surface area contributed by atoms with Crippen molar-refractivity contribution < 1.29 is 19.0 Å². The Balaban J connectivity index is 3.34. The molecule has 2 atom stereocenters. The Morgan fingerprint density at radius 3 is 1.50 bits per heavy atom. The van der Waals surface area contributed by atoms with Crippen LogP contribution in [0.1, 0.15) is 143 Å². The van der Waals surface area contributed by atoms with E-state index in [1.807, 2.05) is 6.92 Å². The van der Waals surface area contributed by atoms with Crippen molar-refractivity contribution in [2.24, 2.45) is 0 Å². The number of carbonyl (C=O) groups is 1. The third-order valence-electron chi connectivity index (χ3n) is 5.52. The van der Waals surface area contributed by atoms with Gasteiger partial charge in [-0.2, -0.15) is 0 Å². The highest BCUT2D eigenvalue weighted by Gasteiger charge is 2.13. The lowest BCUT2D eigenvalue weighted by molar-refractivity contribution is -0.229. The van der Waals surface area contributed by atoms with Crippen LogP contribution in [0.3, 0.4) is 0 Å². The van der Waals surface area contributed by atoms with Gasteiger partial charge < -0.3 is 14.2 Å². The van der Waals surface area contributed by atoms with Crippen molar-refractivity contribution in [3.05, 3.63) is 0 Å². The molecule has 0 aliphatic carbocycles. The van der Waals surface area contributed by atoms with Crippen LogP contribution in [0.2, 0.25) is 0 Å². The lowest BCUT2D eigenvalue weighted by Gasteiger charge is -2.19. The Morgan fingerprint density at radius 2 is 1.03 bits per heavy atom. The molecule has 30 heavy (non-hydrogen) atoms. The zero-order valence-corrected chi connectivity index (χ0v) is 20.7. The zero-order chi connectivity index (χ0) is 22.3. The molecule has 0 N–H and O–H groups in total. The number of ether oxygens (including phenoxy) is 3. The second kappa shape index (κ2) is 23.1. The molecule has 0 aromatic carbocycles. The van der Waals surface area contributed by atoms with Gasteiger partial charge in [-0.1, -0.05) is 110 Å². The van der Waals surface area contributed by atoms with Crippen LogP contribution in [-0.2, 0) is 19.0 Å². The zero-order valence-electron chi connectivity index (χ0n) is 20.7. The second-order valence-electron chi connectivity index (χ2n) is 8.69. The molecule has 0 amide bonds. The third-order valence-corrected chi connectivity index (χ3v) is 5.52. The monoisotopic (exact) mass is 428 g/mol. The van der Waals surface area contributed by atoms with E-state index in [0.717, 1.165) is 25.7 Å². The van der Waals surface area contributed by atoms with Crippen LogP contribution < -0.4 is 0 Å². The van der Waals surface area contributed by atoms with E-state index >= 15 is 0 Å². The number of carbonyl (C=O) groups excluding carboxylic acids is 1. The van der Waals surface area contributed by atoms with Crippen molar-refractivity contribution in [2.75, 3.05) is 6.61 Å². The van der Waals surface area contributed by atoms with E-state index in [-0.39, 0.29) is 12.3 Å². The van der Waals surface area contributed by atoms with Crippen LogP contribution in [-0.4, -0.2) is 25.2 Å². The lowest BCUT2D eigenvalue weighted by Crippen LogP contribution is -2.25. The first-order valence-electron chi connectivity index (χ1n) is 13.1. The van der Waals surface area contributed by atoms with Crippen LogP contribution in [0.4, 0.5) is 0 Å². The quantitative estimate of drug-likeness (QED) is 0.0932. The molecule has 0 aliphatic rings. The number of hydrogen-bond donors (Lipinski definition) is 0. The summed E-state index contributed by atoms with van der Waals surface area (Å²) in [6.07, 6.45) is 21.6. The van der Waals surface area contributed by atoms with E-state index in [9.17, 15) is 4.79 Å². The highest BCUT2D eigenvalue weighted by Crippen LogP contribution is 2.14. The van der Waals surface area contributed by atoms with Gasteiger partial charge in [0.2, 0.25) is 6.29 Å². The molecule has 0 spiro atoms. The molecule has 0 aromatic rings. The largest absolute Gasteiger partial charge is 0.436 e. The van der Waals surface area contributed by atoms with Crippen molar-refractivity contribution in [1.82, 2.24) is 0 Å². The summed E-state index contributed by atoms with van der Waals surface area (Å²) in [5.41, 5.74) is 0. The smallest absolute Gasteiger partial charge is 0.308 e. The van der Waals surface area contributed by atoms with Crippen LogP contribution in [0.15, 0.2) is 0 Å². The van der Waals surface area contributed by atoms with Crippen molar-refractivity contribution in [3.8, 4) is 0 Å². The maximum atomic E-state index is 11.9. The first-order chi connectivity index (χ1) is 14.6. The molecule has 0 saturated carbocycles. The summed E-state index contributed by atoms with van der Waals surface area (Å²) in [7, 11) is 0. The predicted molar refractivity (Wildman–Crippen MR) is 127 cm³/mol. The fourth-order valence-corrected chi connectivity index (χ4v) is 3.62. The van der Waals surface area contributed by atoms with E-state index in [2.05, 4.69) is 13.8 Å². The highest BCUT2D eigenvalue weighted by atomic mass is 16.8. The van der Waals surface area contributed by atoms with Gasteiger partial charge in [-0.15, -0.1) is 0 Å². The van der Waals surface area contributed by atoms with E-state index in [1.54, 1.807) is 6.92 Å². The molecule has 180 valence electrons. The number of hydrogen-bond acceptors (Lipinski definition) is 4. The summed E-state index contributed by atoms with van der Waals surface area (Å²) in [5.74, 6) is -0.169. The average molecular weight is 429 g/mol. The molecular weight excluding hydrogens is 376 g/mol. The summed E-state index contributed by atoms with van der Waals surface area (Å²) < 4.78 is 16.3. The van der Waals surface area contributed by atoms with Crippen molar-refractivity contribution in [3.63, 3.8) is 0 Å². The molecule has 4 nitrogen and oxygen atoms in total. The molecular formula is C26H52O4. The first-order valence-corrected chi connectivity index (χ1v) is 13.1. The van der Waals surface area contributed by atoms with E-state index in [1.165, 1.54) is 83.5 Å². The Hall–Kier alpha value is -0.610. The van der Waals surface area contributed by atoms with Gasteiger partial charge in [-0.25, -0.2) is 0 Å². The minimum Gasteiger partial charge on any atom is -0.436 e. The molecule has 0 bridgehead atoms. The van der Waals surface area contributed by atoms with Gasteiger partial charge in [-0.3, -0.25) is 4.79 Å². The molecule has 0 heterocycles. The molecule has 0 radical (unpaired) electrons. The fraction of sp³-hybridized carbons (Fsp3) is 0.962. The molecule has 0 saturated heterocycles. The fourth-order valence-electron chi connectivity index (χ4n) is 3.62. The molecule has 0 rings (SSSR count). The predicted octanol–water partition coefficient (Wildman–Crippen LogP) is 8.32. The number of rotatable bonds is 23. The molecule has 0 aromatic heterocycles. The SMILES string of the molecule is CCCCCCCCCCCCCCCCCC(=O)OC(C)OC(C)OCCCC. The van der Waals surface area contributed by atoms with Crippen LogP contribution in [0.5, 0.6) is 0 Å². The normalized spacial score (nSPS) is 13.3. The summed E-state index contributed by atoms with van der Waals surface area (Å²) >= 11 is 0. The second-order valence-corrected chi connectivity index (χ2v) is 8.69. The first kappa shape index (κ1) is 29.4. The van der Waals surface area contributed by atoms with Gasteiger partial charge in [0, 0.05) is 13.0 Å². The van der Waals surface area contributed by atoms with Gasteiger partial charge in [0.25, 0.3) is 0 Å². The Labute approximate surface area is 187 Å². The molecule has 0 fully saturated rings. The minimum atomic E-state index is -0.550. The summed E-state index contributed by atoms with van der Waals surface area (Å²) in [5, 5.41) is 0.